The monoisotopic (exact) mass is 556 g/mol. The smallest absolute Gasteiger partial charge is 0.257 e. The highest BCUT2D eigenvalue weighted by atomic mass is 16.5. The molecule has 0 aliphatic carbocycles. The molecule has 10 nitrogen and oxygen atoms in total. The zero-order chi connectivity index (χ0) is 28.7. The number of methoxy groups -OCH3 is 2. The minimum atomic E-state index is -0.0983. The van der Waals surface area contributed by atoms with Crippen molar-refractivity contribution in [2.24, 2.45) is 9.98 Å². The van der Waals surface area contributed by atoms with Gasteiger partial charge in [0.2, 0.25) is 0 Å². The average Bonchev–Trinajstić information content (AvgIpc) is 3.48. The van der Waals surface area contributed by atoms with E-state index in [-0.39, 0.29) is 23.9 Å². The second-order valence-corrected chi connectivity index (χ2v) is 10.6. The number of nitrogens with zero attached hydrogens (tertiary/aromatic N) is 4. The molecule has 6 rings (SSSR count). The molecule has 2 aromatic carbocycles. The minimum Gasteiger partial charge on any atom is -0.493 e. The van der Waals surface area contributed by atoms with E-state index in [9.17, 15) is 9.59 Å². The lowest BCUT2D eigenvalue weighted by atomic mass is 10.1. The van der Waals surface area contributed by atoms with Crippen molar-refractivity contribution in [1.29, 1.82) is 0 Å². The molecule has 10 heteroatoms. The summed E-state index contributed by atoms with van der Waals surface area (Å²) >= 11 is 0. The Morgan fingerprint density at radius 3 is 1.68 bits per heavy atom. The Balaban J connectivity index is 1.11. The number of fused-ring (bicyclic) bond motifs is 4. The van der Waals surface area contributed by atoms with Crippen LogP contribution in [-0.2, 0) is 0 Å². The molecule has 2 amide bonds. The molecule has 41 heavy (non-hydrogen) atoms. The van der Waals surface area contributed by atoms with Gasteiger partial charge in [0.25, 0.3) is 11.8 Å². The molecule has 2 saturated heterocycles. The molecule has 0 saturated carbocycles. The number of benzene rings is 2. The van der Waals surface area contributed by atoms with Crippen LogP contribution < -0.4 is 18.9 Å². The van der Waals surface area contributed by atoms with E-state index in [1.165, 1.54) is 0 Å². The highest BCUT2D eigenvalue weighted by Gasteiger charge is 2.35. The Labute approximate surface area is 238 Å². The molecule has 4 heterocycles. The molecule has 2 aromatic rings. The van der Waals surface area contributed by atoms with Crippen molar-refractivity contribution >= 4 is 35.6 Å². The van der Waals surface area contributed by atoms with Crippen LogP contribution in [0.3, 0.4) is 0 Å². The lowest BCUT2D eigenvalue weighted by Gasteiger charge is -2.20. The number of rotatable bonds is 8. The molecule has 4 aliphatic heterocycles. The molecule has 0 aromatic heterocycles. The summed E-state index contributed by atoms with van der Waals surface area (Å²) in [6.07, 6.45) is 5.58. The van der Waals surface area contributed by atoms with Crippen molar-refractivity contribution in [3.63, 3.8) is 0 Å². The lowest BCUT2D eigenvalue weighted by Crippen LogP contribution is -2.35. The summed E-state index contributed by atoms with van der Waals surface area (Å²) in [5, 5.41) is 0. The molecule has 212 valence electrons. The predicted molar refractivity (Wildman–Crippen MR) is 155 cm³/mol. The van der Waals surface area contributed by atoms with E-state index in [1.807, 2.05) is 0 Å². The summed E-state index contributed by atoms with van der Waals surface area (Å²) in [5.41, 5.74) is 4.09. The van der Waals surface area contributed by atoms with Gasteiger partial charge >= 0.3 is 0 Å². The fourth-order valence-electron chi connectivity index (χ4n) is 5.63. The lowest BCUT2D eigenvalue weighted by molar-refractivity contribution is 0.0769. The summed E-state index contributed by atoms with van der Waals surface area (Å²) in [4.78, 5) is 39.1. The first-order valence-electron chi connectivity index (χ1n) is 13.6. The number of hydrogen-bond donors (Lipinski definition) is 0. The Kier molecular flexibility index (Phi) is 6.98. The van der Waals surface area contributed by atoms with Gasteiger partial charge in [-0.05, 0) is 25.0 Å². The second kappa shape index (κ2) is 10.8. The van der Waals surface area contributed by atoms with Gasteiger partial charge in [0.05, 0.1) is 62.0 Å². The maximum Gasteiger partial charge on any atom is 0.257 e. The molecule has 2 fully saturated rings. The zero-order valence-corrected chi connectivity index (χ0v) is 23.2. The van der Waals surface area contributed by atoms with Gasteiger partial charge in [-0.3, -0.25) is 19.6 Å². The quantitative estimate of drug-likeness (QED) is 0.350. The van der Waals surface area contributed by atoms with Gasteiger partial charge in [0, 0.05) is 44.1 Å². The molecule has 0 spiro atoms. The zero-order valence-electron chi connectivity index (χ0n) is 23.2. The standard InChI is InChI=1S/C31H32N4O6/c1-18-9-21-15-33-25-13-29(26(38-3)10-22(25)30(36)34(21)16-18)41-7-5-6-40-28-11-23-24(12-27(28)39-4)32-14-20-8-19(2)17-35(20)31(23)37/h10-15,20-21H,1-2,5-9,16-17H2,3-4H3/t20-,21-/m0/s1. The number of aliphatic imine (C=N–C) groups is 2. The van der Waals surface area contributed by atoms with Gasteiger partial charge in [-0.1, -0.05) is 24.3 Å². The van der Waals surface area contributed by atoms with Gasteiger partial charge in [0.1, 0.15) is 0 Å². The van der Waals surface area contributed by atoms with Crippen molar-refractivity contribution in [3.8, 4) is 23.0 Å². The van der Waals surface area contributed by atoms with Gasteiger partial charge in [0.15, 0.2) is 23.0 Å². The first kappa shape index (κ1) is 26.6. The second-order valence-electron chi connectivity index (χ2n) is 10.6. The van der Waals surface area contributed by atoms with Crippen molar-refractivity contribution in [2.45, 2.75) is 31.3 Å². The van der Waals surface area contributed by atoms with Crippen LogP contribution in [0.1, 0.15) is 40.0 Å². The summed E-state index contributed by atoms with van der Waals surface area (Å²) in [5.74, 6) is 1.72. The van der Waals surface area contributed by atoms with Crippen LogP contribution in [0.4, 0.5) is 11.4 Å². The molecule has 0 unspecified atom stereocenters. The normalized spacial score (nSPS) is 20.7. The maximum atomic E-state index is 13.3. The van der Waals surface area contributed by atoms with Crippen molar-refractivity contribution in [1.82, 2.24) is 9.80 Å². The van der Waals surface area contributed by atoms with Crippen molar-refractivity contribution in [2.75, 3.05) is 40.5 Å². The molecule has 4 aliphatic rings. The van der Waals surface area contributed by atoms with Crippen LogP contribution in [0.2, 0.25) is 0 Å². The Morgan fingerprint density at radius 1 is 0.732 bits per heavy atom. The molecule has 0 radical (unpaired) electrons. The van der Waals surface area contributed by atoms with E-state index in [0.29, 0.717) is 84.6 Å². The first-order chi connectivity index (χ1) is 19.9. The number of carbonyl (C=O) groups excluding carboxylic acids is 2. The molecule has 0 N–H and O–H groups in total. The fraction of sp³-hybridized carbons (Fsp3) is 0.355. The number of amides is 2. The number of carbonyl (C=O) groups is 2. The van der Waals surface area contributed by atoms with Crippen molar-refractivity contribution in [3.05, 3.63) is 59.7 Å². The van der Waals surface area contributed by atoms with Gasteiger partial charge in [-0.25, -0.2) is 0 Å². The third-order valence-corrected chi connectivity index (χ3v) is 7.71. The summed E-state index contributed by atoms with van der Waals surface area (Å²) in [7, 11) is 3.10. The predicted octanol–water partition coefficient (Wildman–Crippen LogP) is 4.52. The first-order valence-corrected chi connectivity index (χ1v) is 13.6. The van der Waals surface area contributed by atoms with Gasteiger partial charge in [-0.15, -0.1) is 0 Å². The van der Waals surface area contributed by atoms with E-state index >= 15 is 0 Å². The fourth-order valence-corrected chi connectivity index (χ4v) is 5.63. The minimum absolute atomic E-state index is 0.0826. The third-order valence-electron chi connectivity index (χ3n) is 7.71. The van der Waals surface area contributed by atoms with E-state index in [0.717, 1.165) is 17.6 Å². The van der Waals surface area contributed by atoms with Crippen LogP contribution in [0.25, 0.3) is 0 Å². The number of ether oxygens (including phenoxy) is 4. The topological polar surface area (TPSA) is 102 Å². The van der Waals surface area contributed by atoms with E-state index in [2.05, 4.69) is 23.1 Å². The molecular formula is C31H32N4O6. The van der Waals surface area contributed by atoms with Crippen LogP contribution in [0.5, 0.6) is 23.0 Å². The third kappa shape index (κ3) is 4.94. The van der Waals surface area contributed by atoms with Crippen LogP contribution in [-0.4, -0.2) is 86.6 Å². The summed E-state index contributed by atoms with van der Waals surface area (Å²) in [6, 6.07) is 6.69. The SMILES string of the molecule is C=C1C[C@H]2C=Nc3cc(OCCCOc4cc5c(cc4OC)N=C[C@@H]4CC(=C)CN4C5=O)c(OC)cc3C(=O)N2C1. The molecule has 0 bridgehead atoms. The summed E-state index contributed by atoms with van der Waals surface area (Å²) < 4.78 is 23.1. The highest BCUT2D eigenvalue weighted by Crippen LogP contribution is 2.40. The van der Waals surface area contributed by atoms with Crippen LogP contribution >= 0.6 is 0 Å². The Bertz CT molecular complexity index is 1510. The van der Waals surface area contributed by atoms with E-state index in [4.69, 9.17) is 18.9 Å². The van der Waals surface area contributed by atoms with Crippen LogP contribution in [0, 0.1) is 0 Å². The van der Waals surface area contributed by atoms with Gasteiger partial charge in [-0.2, -0.15) is 0 Å². The van der Waals surface area contributed by atoms with Crippen molar-refractivity contribution < 1.29 is 28.5 Å². The average molecular weight is 557 g/mol. The maximum absolute atomic E-state index is 13.3. The Morgan fingerprint density at radius 2 is 1.17 bits per heavy atom. The number of hydrogen-bond acceptors (Lipinski definition) is 8. The molecular weight excluding hydrogens is 524 g/mol. The van der Waals surface area contributed by atoms with E-state index in [1.54, 1.807) is 60.7 Å². The largest absolute Gasteiger partial charge is 0.493 e. The highest BCUT2D eigenvalue weighted by molar-refractivity contribution is 6.04. The molecule has 2 atom stereocenters. The van der Waals surface area contributed by atoms with Gasteiger partial charge < -0.3 is 28.7 Å². The summed E-state index contributed by atoms with van der Waals surface area (Å²) in [6.45, 7) is 9.75. The Hall–Kier alpha value is -4.60. The van der Waals surface area contributed by atoms with E-state index < -0.39 is 0 Å². The van der Waals surface area contributed by atoms with Crippen LogP contribution in [0.15, 0.2) is 58.6 Å².